The maximum absolute atomic E-state index is 11.0. The van der Waals surface area contributed by atoms with Crippen molar-refractivity contribution < 1.29 is 9.34 Å². The Morgan fingerprint density at radius 1 is 1.20 bits per heavy atom. The molecule has 0 radical (unpaired) electrons. The minimum absolute atomic E-state index is 0.00758. The zero-order chi connectivity index (χ0) is 18.0. The van der Waals surface area contributed by atoms with E-state index in [-0.39, 0.29) is 11.7 Å². The predicted molar refractivity (Wildman–Crippen MR) is 89.9 cm³/mol. The minimum Gasteiger partial charge on any atom is -0.423 e. The van der Waals surface area contributed by atoms with Gasteiger partial charge in [0.25, 0.3) is 5.69 Å². The van der Waals surface area contributed by atoms with Crippen molar-refractivity contribution in [1.82, 2.24) is 20.2 Å². The molecule has 0 unspecified atom stereocenters. The Morgan fingerprint density at radius 2 is 2.00 bits per heavy atom. The first-order valence-corrected chi connectivity index (χ1v) is 7.59. The molecule has 3 aromatic rings. The molecule has 0 aliphatic heterocycles. The van der Waals surface area contributed by atoms with Crippen molar-refractivity contribution in [2.24, 2.45) is 0 Å². The van der Waals surface area contributed by atoms with E-state index in [9.17, 15) is 10.1 Å². The number of non-ortho nitro benzene ring substituents is 1. The van der Waals surface area contributed by atoms with Crippen LogP contribution < -0.4 is 5.32 Å². The largest absolute Gasteiger partial charge is 0.423 e. The number of aromatic nitrogens is 4. The van der Waals surface area contributed by atoms with Crippen LogP contribution in [0.1, 0.15) is 30.4 Å². The van der Waals surface area contributed by atoms with Crippen LogP contribution in [0, 0.1) is 24.0 Å². The second kappa shape index (κ2) is 6.63. The fourth-order valence-electron chi connectivity index (χ4n) is 2.30. The third-order valence-corrected chi connectivity index (χ3v) is 3.45. The Labute approximate surface area is 143 Å². The fraction of sp³-hybridized carbons (Fsp3) is 0.250. The van der Waals surface area contributed by atoms with Gasteiger partial charge >= 0.3 is 0 Å². The summed E-state index contributed by atoms with van der Waals surface area (Å²) in [4.78, 5) is 19.3. The number of nitro benzene ring substituents is 1. The van der Waals surface area contributed by atoms with Gasteiger partial charge in [-0.2, -0.15) is 0 Å². The smallest absolute Gasteiger partial charge is 0.270 e. The van der Waals surface area contributed by atoms with Gasteiger partial charge in [0, 0.05) is 36.4 Å². The highest BCUT2D eigenvalue weighted by Crippen LogP contribution is 2.24. The van der Waals surface area contributed by atoms with E-state index >= 15 is 0 Å². The summed E-state index contributed by atoms with van der Waals surface area (Å²) in [5.74, 6) is 1.91. The van der Waals surface area contributed by atoms with Crippen LogP contribution in [0.25, 0.3) is 11.4 Å². The van der Waals surface area contributed by atoms with Gasteiger partial charge in [-0.15, -0.1) is 10.2 Å². The molecule has 3 rings (SSSR count). The quantitative estimate of drug-likeness (QED) is 0.555. The van der Waals surface area contributed by atoms with Crippen LogP contribution in [0.4, 0.5) is 11.5 Å². The van der Waals surface area contributed by atoms with E-state index in [0.717, 1.165) is 5.69 Å². The molecule has 0 fully saturated rings. The molecule has 0 spiro atoms. The number of rotatable bonds is 5. The summed E-state index contributed by atoms with van der Waals surface area (Å²) in [5, 5.41) is 21.9. The van der Waals surface area contributed by atoms with Crippen molar-refractivity contribution in [3.63, 3.8) is 0 Å². The van der Waals surface area contributed by atoms with Gasteiger partial charge in [0.1, 0.15) is 11.9 Å². The number of nitrogens with zero attached hydrogens (tertiary/aromatic N) is 5. The topological polar surface area (TPSA) is 120 Å². The Balaban J connectivity index is 1.90. The van der Waals surface area contributed by atoms with Crippen LogP contribution in [0.2, 0.25) is 0 Å². The number of hydrogen-bond donors (Lipinski definition) is 1. The molecule has 1 N–H and O–H groups in total. The molecule has 1 atom stereocenters. The zero-order valence-corrected chi connectivity index (χ0v) is 13.9. The number of nitro groups is 1. The summed E-state index contributed by atoms with van der Waals surface area (Å²) in [7, 11) is 0. The van der Waals surface area contributed by atoms with E-state index in [2.05, 4.69) is 25.5 Å². The molecule has 128 valence electrons. The van der Waals surface area contributed by atoms with Crippen LogP contribution in [-0.2, 0) is 0 Å². The van der Waals surface area contributed by atoms with Gasteiger partial charge in [-0.05, 0) is 13.8 Å². The first-order chi connectivity index (χ1) is 11.9. The van der Waals surface area contributed by atoms with Crippen LogP contribution in [0.3, 0.4) is 0 Å². The molecule has 0 saturated heterocycles. The molecule has 0 bridgehead atoms. The van der Waals surface area contributed by atoms with E-state index in [1.54, 1.807) is 25.1 Å². The number of anilines is 1. The molecule has 0 aliphatic carbocycles. The molecule has 2 aromatic heterocycles. The highest BCUT2D eigenvalue weighted by atomic mass is 16.6. The van der Waals surface area contributed by atoms with E-state index in [1.165, 1.54) is 12.1 Å². The molecule has 9 heteroatoms. The summed E-state index contributed by atoms with van der Waals surface area (Å²) in [5.41, 5.74) is 1.29. The second-order valence-electron chi connectivity index (χ2n) is 5.55. The lowest BCUT2D eigenvalue weighted by molar-refractivity contribution is -0.384. The van der Waals surface area contributed by atoms with Crippen molar-refractivity contribution in [2.75, 3.05) is 5.32 Å². The average molecular weight is 340 g/mol. The van der Waals surface area contributed by atoms with Crippen molar-refractivity contribution in [3.05, 3.63) is 57.9 Å². The summed E-state index contributed by atoms with van der Waals surface area (Å²) in [6.07, 6.45) is 0. The molecule has 25 heavy (non-hydrogen) atoms. The predicted octanol–water partition coefficient (Wildman–Crippen LogP) is 3.22. The Bertz CT molecular complexity index is 924. The van der Waals surface area contributed by atoms with Gasteiger partial charge in [-0.25, -0.2) is 9.97 Å². The molecule has 9 nitrogen and oxygen atoms in total. The van der Waals surface area contributed by atoms with Gasteiger partial charge in [-0.1, -0.05) is 12.1 Å². The van der Waals surface area contributed by atoms with Crippen molar-refractivity contribution in [1.29, 1.82) is 0 Å². The lowest BCUT2D eigenvalue weighted by atomic mass is 10.2. The van der Waals surface area contributed by atoms with Gasteiger partial charge in [-0.3, -0.25) is 10.1 Å². The van der Waals surface area contributed by atoms with Gasteiger partial charge in [0.05, 0.1) is 4.92 Å². The minimum atomic E-state index is -0.446. The standard InChI is InChI=1S/C16H16N6O3/c1-9-7-14(18-10(2)16-21-20-11(3)25-16)19-15(17-9)12-5-4-6-13(8-12)22(23)24/h4-8,10H,1-3H3,(H,17,18,19)/t10-/m0/s1. The molecule has 0 aliphatic rings. The number of hydrogen-bond acceptors (Lipinski definition) is 8. The fourth-order valence-corrected chi connectivity index (χ4v) is 2.30. The molecule has 0 amide bonds. The Kier molecular flexibility index (Phi) is 4.38. The molecular formula is C16H16N6O3. The van der Waals surface area contributed by atoms with Gasteiger partial charge in [0.2, 0.25) is 11.8 Å². The van der Waals surface area contributed by atoms with Crippen LogP contribution in [0.5, 0.6) is 0 Å². The van der Waals surface area contributed by atoms with Gasteiger partial charge < -0.3 is 9.73 Å². The first-order valence-electron chi connectivity index (χ1n) is 7.59. The monoisotopic (exact) mass is 340 g/mol. The van der Waals surface area contributed by atoms with Crippen molar-refractivity contribution in [3.8, 4) is 11.4 Å². The maximum atomic E-state index is 11.0. The van der Waals surface area contributed by atoms with E-state index in [4.69, 9.17) is 4.42 Å². The summed E-state index contributed by atoms with van der Waals surface area (Å²) < 4.78 is 5.40. The molecule has 2 heterocycles. The Morgan fingerprint density at radius 3 is 2.68 bits per heavy atom. The number of nitrogens with one attached hydrogen (secondary N) is 1. The van der Waals surface area contributed by atoms with Crippen LogP contribution in [-0.4, -0.2) is 25.1 Å². The van der Waals surface area contributed by atoms with Crippen LogP contribution in [0.15, 0.2) is 34.7 Å². The van der Waals surface area contributed by atoms with E-state index in [0.29, 0.717) is 29.0 Å². The summed E-state index contributed by atoms with van der Waals surface area (Å²) in [6.45, 7) is 5.42. The third-order valence-electron chi connectivity index (χ3n) is 3.45. The zero-order valence-electron chi connectivity index (χ0n) is 13.9. The highest BCUT2D eigenvalue weighted by Gasteiger charge is 2.15. The van der Waals surface area contributed by atoms with Gasteiger partial charge in [0.15, 0.2) is 5.82 Å². The Hall–Kier alpha value is -3.36. The molecular weight excluding hydrogens is 324 g/mol. The molecule has 0 saturated carbocycles. The molecule has 1 aromatic carbocycles. The lowest BCUT2D eigenvalue weighted by Gasteiger charge is -2.12. The number of aryl methyl sites for hydroxylation is 2. The lowest BCUT2D eigenvalue weighted by Crippen LogP contribution is -2.09. The summed E-state index contributed by atoms with van der Waals surface area (Å²) >= 11 is 0. The van der Waals surface area contributed by atoms with E-state index < -0.39 is 4.92 Å². The third kappa shape index (κ3) is 3.77. The van der Waals surface area contributed by atoms with Crippen LogP contribution >= 0.6 is 0 Å². The number of benzene rings is 1. The maximum Gasteiger partial charge on any atom is 0.270 e. The van der Waals surface area contributed by atoms with E-state index in [1.807, 2.05) is 13.8 Å². The summed E-state index contributed by atoms with van der Waals surface area (Å²) in [6, 6.07) is 7.75. The average Bonchev–Trinajstić information content (AvgIpc) is 3.01. The highest BCUT2D eigenvalue weighted by molar-refractivity contribution is 5.61. The van der Waals surface area contributed by atoms with Crippen molar-refractivity contribution in [2.45, 2.75) is 26.8 Å². The SMILES string of the molecule is Cc1cc(N[C@@H](C)c2nnc(C)o2)nc(-c2cccc([N+](=O)[O-])c2)n1. The normalized spacial score (nSPS) is 12.0. The first kappa shape index (κ1) is 16.5. The second-order valence-corrected chi connectivity index (χ2v) is 5.55. The van der Waals surface area contributed by atoms with Crippen molar-refractivity contribution >= 4 is 11.5 Å².